The molecule has 1 aliphatic rings. The summed E-state index contributed by atoms with van der Waals surface area (Å²) in [4.78, 5) is 1.87. The van der Waals surface area contributed by atoms with Gasteiger partial charge in [-0.3, -0.25) is 4.90 Å². The Balaban J connectivity index is 1.91. The molecule has 88 valence electrons. The van der Waals surface area contributed by atoms with Gasteiger partial charge in [-0.05, 0) is 18.5 Å². The summed E-state index contributed by atoms with van der Waals surface area (Å²) in [5.74, 6) is -1.14. The fourth-order valence-electron chi connectivity index (χ4n) is 2.09. The van der Waals surface area contributed by atoms with Crippen molar-refractivity contribution in [1.82, 2.24) is 4.90 Å². The molecule has 0 saturated carbocycles. The lowest BCUT2D eigenvalue weighted by Crippen LogP contribution is -2.27. The first-order valence-corrected chi connectivity index (χ1v) is 5.39. The molecule has 0 radical (unpaired) electrons. The first-order chi connectivity index (χ1) is 7.55. The minimum Gasteiger partial charge on any atom is -0.298 e. The molecular weight excluding hydrogens is 215 g/mol. The van der Waals surface area contributed by atoms with Crippen molar-refractivity contribution in [3.63, 3.8) is 0 Å². The van der Waals surface area contributed by atoms with Gasteiger partial charge in [-0.15, -0.1) is 0 Å². The highest BCUT2D eigenvalue weighted by Crippen LogP contribution is 2.33. The summed E-state index contributed by atoms with van der Waals surface area (Å²) in [6.45, 7) is 1.30. The molecule has 2 rings (SSSR count). The lowest BCUT2D eigenvalue weighted by Gasteiger charge is -2.17. The van der Waals surface area contributed by atoms with Crippen molar-refractivity contribution in [3.8, 4) is 0 Å². The summed E-state index contributed by atoms with van der Waals surface area (Å²) in [6, 6.07) is 9.62. The predicted molar refractivity (Wildman–Crippen MR) is 55.9 cm³/mol. The molecule has 1 heterocycles. The minimum atomic E-state index is -4.04. The summed E-state index contributed by atoms with van der Waals surface area (Å²) in [6.07, 6.45) is -3.80. The van der Waals surface area contributed by atoms with Crippen molar-refractivity contribution in [1.29, 1.82) is 0 Å². The van der Waals surface area contributed by atoms with Crippen LogP contribution in [0.25, 0.3) is 0 Å². The van der Waals surface area contributed by atoms with Crippen LogP contribution in [0.3, 0.4) is 0 Å². The third-order valence-electron chi connectivity index (χ3n) is 2.98. The van der Waals surface area contributed by atoms with Crippen molar-refractivity contribution in [2.24, 2.45) is 5.92 Å². The van der Waals surface area contributed by atoms with E-state index >= 15 is 0 Å². The molecule has 1 aromatic carbocycles. The molecule has 0 N–H and O–H groups in total. The molecule has 1 saturated heterocycles. The minimum absolute atomic E-state index is 0.137. The molecule has 0 aromatic heterocycles. The molecule has 0 spiro atoms. The summed E-state index contributed by atoms with van der Waals surface area (Å²) in [5.41, 5.74) is 1.07. The zero-order valence-corrected chi connectivity index (χ0v) is 8.87. The van der Waals surface area contributed by atoms with Crippen LogP contribution >= 0.6 is 0 Å². The molecule has 1 fully saturated rings. The zero-order valence-electron chi connectivity index (χ0n) is 8.87. The van der Waals surface area contributed by atoms with Gasteiger partial charge in [0, 0.05) is 13.1 Å². The molecule has 0 amide bonds. The Morgan fingerprint density at radius 3 is 2.44 bits per heavy atom. The Morgan fingerprint density at radius 1 is 1.19 bits per heavy atom. The molecule has 0 aliphatic carbocycles. The predicted octanol–water partition coefficient (Wildman–Crippen LogP) is 3.07. The van der Waals surface area contributed by atoms with Crippen molar-refractivity contribution < 1.29 is 13.2 Å². The van der Waals surface area contributed by atoms with E-state index in [1.807, 2.05) is 35.2 Å². The maximum atomic E-state index is 12.4. The van der Waals surface area contributed by atoms with Gasteiger partial charge in [0.2, 0.25) is 0 Å². The number of nitrogens with zero attached hydrogens (tertiary/aromatic N) is 1. The summed E-state index contributed by atoms with van der Waals surface area (Å²) in [7, 11) is 0. The van der Waals surface area contributed by atoms with Gasteiger partial charge in [-0.2, -0.15) is 13.2 Å². The lowest BCUT2D eigenvalue weighted by atomic mass is 10.1. The van der Waals surface area contributed by atoms with Crippen molar-refractivity contribution in [2.75, 3.05) is 13.1 Å². The molecular formula is C12H14F3N. The number of likely N-dealkylation sites (tertiary alicyclic amines) is 1. The average molecular weight is 229 g/mol. The van der Waals surface area contributed by atoms with Crippen LogP contribution in [0.5, 0.6) is 0 Å². The first kappa shape index (κ1) is 11.5. The molecule has 1 aliphatic heterocycles. The normalized spacial score (nSPS) is 22.6. The maximum Gasteiger partial charge on any atom is 0.393 e. The van der Waals surface area contributed by atoms with Gasteiger partial charge < -0.3 is 0 Å². The van der Waals surface area contributed by atoms with Crippen molar-refractivity contribution >= 4 is 0 Å². The van der Waals surface area contributed by atoms with Crippen LogP contribution in [-0.2, 0) is 6.54 Å². The van der Waals surface area contributed by atoms with Gasteiger partial charge in [-0.1, -0.05) is 30.3 Å². The van der Waals surface area contributed by atoms with E-state index in [2.05, 4.69) is 0 Å². The van der Waals surface area contributed by atoms with Gasteiger partial charge in [0.05, 0.1) is 5.92 Å². The second-order valence-electron chi connectivity index (χ2n) is 4.25. The molecule has 16 heavy (non-hydrogen) atoms. The number of halogens is 3. The Labute approximate surface area is 92.9 Å². The van der Waals surface area contributed by atoms with Gasteiger partial charge in [-0.25, -0.2) is 0 Å². The van der Waals surface area contributed by atoms with E-state index in [0.717, 1.165) is 5.56 Å². The maximum absolute atomic E-state index is 12.4. The highest BCUT2D eigenvalue weighted by molar-refractivity contribution is 5.14. The number of alkyl halides is 3. The SMILES string of the molecule is FC(F)(F)C1CCN(Cc2ccccc2)C1. The number of rotatable bonds is 2. The summed E-state index contributed by atoms with van der Waals surface area (Å²) < 4.78 is 37.3. The van der Waals surface area contributed by atoms with E-state index in [-0.39, 0.29) is 13.0 Å². The molecule has 1 aromatic rings. The molecule has 0 bridgehead atoms. The summed E-state index contributed by atoms with van der Waals surface area (Å²) in [5, 5.41) is 0. The molecule has 1 nitrogen and oxygen atoms in total. The van der Waals surface area contributed by atoms with Crippen LogP contribution in [0.1, 0.15) is 12.0 Å². The largest absolute Gasteiger partial charge is 0.393 e. The molecule has 1 atom stereocenters. The van der Waals surface area contributed by atoms with E-state index in [1.54, 1.807) is 0 Å². The van der Waals surface area contributed by atoms with Crippen LogP contribution in [0.15, 0.2) is 30.3 Å². The highest BCUT2D eigenvalue weighted by Gasteiger charge is 2.43. The fourth-order valence-corrected chi connectivity index (χ4v) is 2.09. The first-order valence-electron chi connectivity index (χ1n) is 5.39. The topological polar surface area (TPSA) is 3.24 Å². The standard InChI is InChI=1S/C12H14F3N/c13-12(14,15)11-6-7-16(9-11)8-10-4-2-1-3-5-10/h1-5,11H,6-9H2. The third kappa shape index (κ3) is 2.76. The van der Waals surface area contributed by atoms with E-state index in [9.17, 15) is 13.2 Å². The van der Waals surface area contributed by atoms with Gasteiger partial charge in [0.1, 0.15) is 0 Å². The van der Waals surface area contributed by atoms with Gasteiger partial charge >= 0.3 is 6.18 Å². The van der Waals surface area contributed by atoms with E-state index in [0.29, 0.717) is 13.1 Å². The zero-order chi connectivity index (χ0) is 11.6. The fraction of sp³-hybridized carbons (Fsp3) is 0.500. The number of hydrogen-bond donors (Lipinski definition) is 0. The van der Waals surface area contributed by atoms with Crippen LogP contribution in [-0.4, -0.2) is 24.2 Å². The Kier molecular flexibility index (Phi) is 3.19. The summed E-state index contributed by atoms with van der Waals surface area (Å²) >= 11 is 0. The third-order valence-corrected chi connectivity index (χ3v) is 2.98. The number of benzene rings is 1. The van der Waals surface area contributed by atoms with E-state index < -0.39 is 12.1 Å². The van der Waals surface area contributed by atoms with Gasteiger partial charge in [0.15, 0.2) is 0 Å². The van der Waals surface area contributed by atoms with E-state index in [1.165, 1.54) is 0 Å². The quantitative estimate of drug-likeness (QED) is 0.753. The average Bonchev–Trinajstić information content (AvgIpc) is 2.67. The lowest BCUT2D eigenvalue weighted by molar-refractivity contribution is -0.170. The van der Waals surface area contributed by atoms with Gasteiger partial charge in [0.25, 0.3) is 0 Å². The van der Waals surface area contributed by atoms with Crippen LogP contribution in [0.4, 0.5) is 13.2 Å². The highest BCUT2D eigenvalue weighted by atomic mass is 19.4. The van der Waals surface area contributed by atoms with Crippen molar-refractivity contribution in [3.05, 3.63) is 35.9 Å². The van der Waals surface area contributed by atoms with Crippen LogP contribution in [0.2, 0.25) is 0 Å². The molecule has 4 heteroatoms. The second-order valence-corrected chi connectivity index (χ2v) is 4.25. The second kappa shape index (κ2) is 4.45. The van der Waals surface area contributed by atoms with Crippen molar-refractivity contribution in [2.45, 2.75) is 19.1 Å². The van der Waals surface area contributed by atoms with E-state index in [4.69, 9.17) is 0 Å². The van der Waals surface area contributed by atoms with Crippen LogP contribution < -0.4 is 0 Å². The Bertz CT molecular complexity index is 334. The Hall–Kier alpha value is -1.03. The monoisotopic (exact) mass is 229 g/mol. The molecule has 1 unspecified atom stereocenters. The number of hydrogen-bond acceptors (Lipinski definition) is 1. The van der Waals surface area contributed by atoms with Crippen LogP contribution in [0, 0.1) is 5.92 Å². The smallest absolute Gasteiger partial charge is 0.298 e. The Morgan fingerprint density at radius 2 is 1.88 bits per heavy atom.